The normalized spacial score (nSPS) is 10.8. The Labute approximate surface area is 129 Å². The predicted octanol–water partition coefficient (Wildman–Crippen LogP) is 2.53. The van der Waals surface area contributed by atoms with Crippen molar-refractivity contribution in [2.24, 2.45) is 5.73 Å². The fourth-order valence-electron chi connectivity index (χ4n) is 2.13. The predicted molar refractivity (Wildman–Crippen MR) is 86.6 cm³/mol. The van der Waals surface area contributed by atoms with E-state index in [0.717, 1.165) is 13.0 Å². The van der Waals surface area contributed by atoms with Crippen molar-refractivity contribution in [1.29, 1.82) is 0 Å². The van der Waals surface area contributed by atoms with Crippen LogP contribution in [-0.2, 0) is 13.0 Å². The van der Waals surface area contributed by atoms with Gasteiger partial charge in [0.05, 0.1) is 0 Å². The second-order valence-corrected chi connectivity index (χ2v) is 5.43. The number of nitrogens with two attached hydrogens (primary N) is 1. The Bertz CT molecular complexity index is 616. The van der Waals surface area contributed by atoms with E-state index in [1.165, 1.54) is 5.56 Å². The van der Waals surface area contributed by atoms with Gasteiger partial charge >= 0.3 is 0 Å². The highest BCUT2D eigenvalue weighted by atomic mass is 32.1. The molecule has 0 aliphatic heterocycles. The van der Waals surface area contributed by atoms with Gasteiger partial charge in [0.2, 0.25) is 0 Å². The van der Waals surface area contributed by atoms with Gasteiger partial charge in [0.1, 0.15) is 10.8 Å². The van der Waals surface area contributed by atoms with E-state index in [1.54, 1.807) is 30.6 Å². The molecular formula is C16H18FN3S. The highest BCUT2D eigenvalue weighted by Crippen LogP contribution is 2.15. The third kappa shape index (κ3) is 4.31. The van der Waals surface area contributed by atoms with Crippen molar-refractivity contribution < 1.29 is 4.39 Å². The molecule has 1 aromatic heterocycles. The molecule has 3 nitrogen and oxygen atoms in total. The molecule has 0 fully saturated rings. The first-order valence-corrected chi connectivity index (χ1v) is 7.13. The van der Waals surface area contributed by atoms with Crippen LogP contribution in [0.1, 0.15) is 16.7 Å². The van der Waals surface area contributed by atoms with Crippen LogP contribution in [0.5, 0.6) is 0 Å². The molecule has 0 unspecified atom stereocenters. The molecule has 5 heteroatoms. The van der Waals surface area contributed by atoms with E-state index in [4.69, 9.17) is 18.0 Å². The monoisotopic (exact) mass is 303 g/mol. The number of pyridine rings is 1. The molecule has 2 aromatic rings. The van der Waals surface area contributed by atoms with Crippen LogP contribution < -0.4 is 5.73 Å². The van der Waals surface area contributed by atoms with Crippen LogP contribution in [0.3, 0.4) is 0 Å². The Balaban J connectivity index is 1.98. The minimum atomic E-state index is -0.319. The lowest BCUT2D eigenvalue weighted by atomic mass is 10.1. The van der Waals surface area contributed by atoms with Crippen molar-refractivity contribution in [3.05, 3.63) is 65.2 Å². The molecule has 0 saturated heterocycles. The minimum Gasteiger partial charge on any atom is -0.389 e. The smallest absolute Gasteiger partial charge is 0.137 e. The number of aromatic nitrogens is 1. The van der Waals surface area contributed by atoms with Crippen molar-refractivity contribution in [1.82, 2.24) is 9.88 Å². The zero-order valence-electron chi connectivity index (χ0n) is 11.9. The van der Waals surface area contributed by atoms with Gasteiger partial charge in [-0.05, 0) is 37.2 Å². The van der Waals surface area contributed by atoms with Gasteiger partial charge in [-0.3, -0.25) is 4.98 Å². The molecule has 0 spiro atoms. The summed E-state index contributed by atoms with van der Waals surface area (Å²) in [7, 11) is 1.97. The van der Waals surface area contributed by atoms with Crippen LogP contribution in [0, 0.1) is 5.82 Å². The molecule has 0 bridgehead atoms. The van der Waals surface area contributed by atoms with Gasteiger partial charge in [0.15, 0.2) is 0 Å². The lowest BCUT2D eigenvalue weighted by Gasteiger charge is -2.18. The van der Waals surface area contributed by atoms with E-state index < -0.39 is 0 Å². The second-order valence-electron chi connectivity index (χ2n) is 4.99. The molecule has 0 atom stereocenters. The van der Waals surface area contributed by atoms with Crippen molar-refractivity contribution >= 4 is 17.2 Å². The highest BCUT2D eigenvalue weighted by Gasteiger charge is 2.11. The zero-order chi connectivity index (χ0) is 15.2. The van der Waals surface area contributed by atoms with Crippen LogP contribution in [0.2, 0.25) is 0 Å². The standard InChI is InChI=1S/C16H18FN3S/c1-20(10-7-12-5-8-19-9-6-12)11-13-3-2-4-14(15(13)17)16(18)21/h2-6,8-9H,7,10-11H2,1H3,(H2,18,21). The molecule has 0 amide bonds. The Morgan fingerprint density at radius 1 is 1.29 bits per heavy atom. The van der Waals surface area contributed by atoms with Gasteiger partial charge in [0.25, 0.3) is 0 Å². The summed E-state index contributed by atoms with van der Waals surface area (Å²) in [6.07, 6.45) is 4.46. The van der Waals surface area contributed by atoms with Gasteiger partial charge in [-0.25, -0.2) is 4.39 Å². The number of thiocarbonyl (C=S) groups is 1. The summed E-state index contributed by atoms with van der Waals surface area (Å²) in [6.45, 7) is 1.36. The topological polar surface area (TPSA) is 42.2 Å². The fourth-order valence-corrected chi connectivity index (χ4v) is 2.29. The lowest BCUT2D eigenvalue weighted by molar-refractivity contribution is 0.325. The maximum absolute atomic E-state index is 14.2. The summed E-state index contributed by atoms with van der Waals surface area (Å²) in [5.74, 6) is -0.319. The Kier molecular flexibility index (Phi) is 5.36. The third-order valence-corrected chi connectivity index (χ3v) is 3.54. The van der Waals surface area contributed by atoms with Crippen LogP contribution in [-0.4, -0.2) is 28.5 Å². The summed E-state index contributed by atoms with van der Waals surface area (Å²) >= 11 is 4.86. The van der Waals surface area contributed by atoms with E-state index in [-0.39, 0.29) is 10.8 Å². The number of nitrogens with zero attached hydrogens (tertiary/aromatic N) is 2. The molecule has 0 saturated carbocycles. The molecule has 2 rings (SSSR count). The molecule has 1 heterocycles. The van der Waals surface area contributed by atoms with E-state index in [1.807, 2.05) is 19.2 Å². The molecular weight excluding hydrogens is 285 g/mol. The first-order valence-electron chi connectivity index (χ1n) is 6.72. The maximum Gasteiger partial charge on any atom is 0.137 e. The van der Waals surface area contributed by atoms with Crippen LogP contribution in [0.15, 0.2) is 42.7 Å². The molecule has 0 aliphatic carbocycles. The average Bonchev–Trinajstić information content (AvgIpc) is 2.48. The summed E-state index contributed by atoms with van der Waals surface area (Å²) in [4.78, 5) is 6.15. The van der Waals surface area contributed by atoms with Crippen LogP contribution >= 0.6 is 12.2 Å². The van der Waals surface area contributed by atoms with Gasteiger partial charge in [-0.2, -0.15) is 0 Å². The Morgan fingerprint density at radius 3 is 2.67 bits per heavy atom. The second kappa shape index (κ2) is 7.24. The first kappa shape index (κ1) is 15.5. The fraction of sp³-hybridized carbons (Fsp3) is 0.250. The van der Waals surface area contributed by atoms with E-state index in [2.05, 4.69) is 9.88 Å². The number of likely N-dealkylation sites (N-methyl/N-ethyl adjacent to an activating group) is 1. The molecule has 0 aliphatic rings. The lowest BCUT2D eigenvalue weighted by Crippen LogP contribution is -2.22. The summed E-state index contributed by atoms with van der Waals surface area (Å²) in [6, 6.07) is 9.13. The number of rotatable bonds is 6. The largest absolute Gasteiger partial charge is 0.389 e. The van der Waals surface area contributed by atoms with Gasteiger partial charge in [-0.15, -0.1) is 0 Å². The molecule has 21 heavy (non-hydrogen) atoms. The van der Waals surface area contributed by atoms with Gasteiger partial charge in [-0.1, -0.05) is 24.4 Å². The van der Waals surface area contributed by atoms with Gasteiger partial charge < -0.3 is 10.6 Å². The quantitative estimate of drug-likeness (QED) is 0.833. The highest BCUT2D eigenvalue weighted by molar-refractivity contribution is 7.80. The molecule has 2 N–H and O–H groups in total. The van der Waals surface area contributed by atoms with E-state index in [0.29, 0.717) is 17.7 Å². The first-order chi connectivity index (χ1) is 10.1. The van der Waals surface area contributed by atoms with Crippen LogP contribution in [0.25, 0.3) is 0 Å². The van der Waals surface area contributed by atoms with E-state index in [9.17, 15) is 4.39 Å². The van der Waals surface area contributed by atoms with Crippen molar-refractivity contribution in [2.45, 2.75) is 13.0 Å². The van der Waals surface area contributed by atoms with Crippen molar-refractivity contribution in [3.8, 4) is 0 Å². The van der Waals surface area contributed by atoms with Crippen LogP contribution in [0.4, 0.5) is 4.39 Å². The van der Waals surface area contributed by atoms with Crippen molar-refractivity contribution in [3.63, 3.8) is 0 Å². The Hall–Kier alpha value is -1.85. The summed E-state index contributed by atoms with van der Waals surface area (Å²) in [5, 5.41) is 0. The van der Waals surface area contributed by atoms with Crippen molar-refractivity contribution in [2.75, 3.05) is 13.6 Å². The summed E-state index contributed by atoms with van der Waals surface area (Å²) in [5.41, 5.74) is 7.66. The maximum atomic E-state index is 14.2. The molecule has 1 aromatic carbocycles. The van der Waals surface area contributed by atoms with Gasteiger partial charge in [0, 0.05) is 36.6 Å². The van der Waals surface area contributed by atoms with E-state index >= 15 is 0 Å². The number of hydrogen-bond acceptors (Lipinski definition) is 3. The SMILES string of the molecule is CN(CCc1ccncc1)Cc1cccc(C(N)=S)c1F. The third-order valence-electron chi connectivity index (χ3n) is 3.32. The average molecular weight is 303 g/mol. The molecule has 0 radical (unpaired) electrons. The number of halogens is 1. The minimum absolute atomic E-state index is 0.0915. The zero-order valence-corrected chi connectivity index (χ0v) is 12.7. The number of benzene rings is 1. The molecule has 110 valence electrons. The number of hydrogen-bond donors (Lipinski definition) is 1. The summed E-state index contributed by atoms with van der Waals surface area (Å²) < 4.78 is 14.2. The Morgan fingerprint density at radius 2 is 2.00 bits per heavy atom.